The standard InChI is InChI=1S/C15H20N2O/c1-10(11-5-3-2-4-6-11)16-15(18)13-9-12-7-8-14(13)17-12/h2-6,10,12-14,17H,7-9H2,1H3,(H,16,18)/t10-,12?,13?,14?/m0/s1. The van der Waals surface area contributed by atoms with Gasteiger partial charge >= 0.3 is 0 Å². The Hall–Kier alpha value is -1.35. The number of rotatable bonds is 3. The van der Waals surface area contributed by atoms with E-state index in [-0.39, 0.29) is 17.9 Å². The average Bonchev–Trinajstić information content (AvgIpc) is 3.02. The molecular weight excluding hydrogens is 224 g/mol. The fourth-order valence-corrected chi connectivity index (χ4v) is 3.26. The molecule has 2 heterocycles. The predicted octanol–water partition coefficient (Wildman–Crippen LogP) is 2.00. The van der Waals surface area contributed by atoms with E-state index in [1.807, 2.05) is 25.1 Å². The van der Waals surface area contributed by atoms with E-state index in [0.717, 1.165) is 12.8 Å². The maximum Gasteiger partial charge on any atom is 0.225 e. The van der Waals surface area contributed by atoms with Gasteiger partial charge in [-0.3, -0.25) is 4.79 Å². The highest BCUT2D eigenvalue weighted by Crippen LogP contribution is 2.33. The molecule has 0 spiro atoms. The van der Waals surface area contributed by atoms with Crippen molar-refractivity contribution in [1.29, 1.82) is 0 Å². The number of carbonyl (C=O) groups is 1. The predicted molar refractivity (Wildman–Crippen MR) is 71.1 cm³/mol. The molecule has 0 saturated carbocycles. The summed E-state index contributed by atoms with van der Waals surface area (Å²) >= 11 is 0. The van der Waals surface area contributed by atoms with Gasteiger partial charge in [-0.1, -0.05) is 30.3 Å². The van der Waals surface area contributed by atoms with Gasteiger partial charge < -0.3 is 10.6 Å². The first-order chi connectivity index (χ1) is 8.74. The van der Waals surface area contributed by atoms with Gasteiger partial charge in [0.2, 0.25) is 5.91 Å². The van der Waals surface area contributed by atoms with Crippen LogP contribution in [0.1, 0.15) is 37.8 Å². The molecule has 2 aliphatic heterocycles. The Bertz CT molecular complexity index is 431. The summed E-state index contributed by atoms with van der Waals surface area (Å²) in [6.07, 6.45) is 3.41. The zero-order valence-electron chi connectivity index (χ0n) is 10.7. The molecule has 0 aromatic heterocycles. The van der Waals surface area contributed by atoms with Gasteiger partial charge in [-0.25, -0.2) is 0 Å². The topological polar surface area (TPSA) is 41.1 Å². The summed E-state index contributed by atoms with van der Waals surface area (Å²) in [6, 6.07) is 11.2. The van der Waals surface area contributed by atoms with E-state index in [0.29, 0.717) is 12.1 Å². The molecule has 0 radical (unpaired) electrons. The van der Waals surface area contributed by atoms with Crippen molar-refractivity contribution in [3.05, 3.63) is 35.9 Å². The third-order valence-electron chi connectivity index (χ3n) is 4.30. The molecule has 3 nitrogen and oxygen atoms in total. The normalized spacial score (nSPS) is 31.3. The van der Waals surface area contributed by atoms with Crippen LogP contribution in [0, 0.1) is 5.92 Å². The maximum absolute atomic E-state index is 12.3. The molecule has 2 fully saturated rings. The summed E-state index contributed by atoms with van der Waals surface area (Å²) < 4.78 is 0. The summed E-state index contributed by atoms with van der Waals surface area (Å²) in [5, 5.41) is 6.65. The van der Waals surface area contributed by atoms with Crippen molar-refractivity contribution in [1.82, 2.24) is 10.6 Å². The molecule has 3 rings (SSSR count). The zero-order valence-corrected chi connectivity index (χ0v) is 10.7. The number of amides is 1. The van der Waals surface area contributed by atoms with Crippen LogP contribution in [0.3, 0.4) is 0 Å². The van der Waals surface area contributed by atoms with Crippen LogP contribution in [0.15, 0.2) is 30.3 Å². The lowest BCUT2D eigenvalue weighted by Crippen LogP contribution is -2.38. The molecular formula is C15H20N2O. The van der Waals surface area contributed by atoms with E-state index in [1.54, 1.807) is 0 Å². The van der Waals surface area contributed by atoms with Gasteiger partial charge in [0.05, 0.1) is 12.0 Å². The van der Waals surface area contributed by atoms with E-state index in [9.17, 15) is 4.79 Å². The Kier molecular flexibility index (Phi) is 3.08. The molecule has 2 saturated heterocycles. The van der Waals surface area contributed by atoms with Crippen LogP contribution in [0.2, 0.25) is 0 Å². The van der Waals surface area contributed by atoms with E-state index < -0.39 is 0 Å². The van der Waals surface area contributed by atoms with Gasteiger partial charge in [0.1, 0.15) is 0 Å². The van der Waals surface area contributed by atoms with Crippen molar-refractivity contribution in [3.8, 4) is 0 Å². The number of hydrogen-bond acceptors (Lipinski definition) is 2. The van der Waals surface area contributed by atoms with Crippen molar-refractivity contribution in [2.75, 3.05) is 0 Å². The van der Waals surface area contributed by atoms with Crippen molar-refractivity contribution < 1.29 is 4.79 Å². The smallest absolute Gasteiger partial charge is 0.225 e. The van der Waals surface area contributed by atoms with Crippen LogP contribution in [0.25, 0.3) is 0 Å². The van der Waals surface area contributed by atoms with Gasteiger partial charge in [0.15, 0.2) is 0 Å². The quantitative estimate of drug-likeness (QED) is 0.854. The molecule has 2 N–H and O–H groups in total. The lowest BCUT2D eigenvalue weighted by Gasteiger charge is -2.22. The van der Waals surface area contributed by atoms with Crippen LogP contribution < -0.4 is 10.6 Å². The largest absolute Gasteiger partial charge is 0.349 e. The molecule has 1 aromatic carbocycles. The lowest BCUT2D eigenvalue weighted by atomic mass is 9.88. The summed E-state index contributed by atoms with van der Waals surface area (Å²) in [6.45, 7) is 2.05. The summed E-state index contributed by atoms with van der Waals surface area (Å²) in [4.78, 5) is 12.3. The number of carbonyl (C=O) groups excluding carboxylic acids is 1. The minimum Gasteiger partial charge on any atom is -0.349 e. The SMILES string of the molecule is C[C@H](NC(=O)C1CC2CCC1N2)c1ccccc1. The molecule has 3 heteroatoms. The fourth-order valence-electron chi connectivity index (χ4n) is 3.26. The van der Waals surface area contributed by atoms with Crippen molar-refractivity contribution in [2.45, 2.75) is 44.3 Å². The highest BCUT2D eigenvalue weighted by Gasteiger charge is 2.42. The monoisotopic (exact) mass is 244 g/mol. The molecule has 96 valence electrons. The second kappa shape index (κ2) is 4.73. The van der Waals surface area contributed by atoms with Crippen LogP contribution in [0.4, 0.5) is 0 Å². The summed E-state index contributed by atoms with van der Waals surface area (Å²) in [5.41, 5.74) is 1.17. The van der Waals surface area contributed by atoms with E-state index in [2.05, 4.69) is 22.8 Å². The molecule has 18 heavy (non-hydrogen) atoms. The first kappa shape index (κ1) is 11.7. The highest BCUT2D eigenvalue weighted by molar-refractivity contribution is 5.80. The Morgan fingerprint density at radius 3 is 2.72 bits per heavy atom. The molecule has 3 unspecified atom stereocenters. The minimum atomic E-state index is 0.0952. The van der Waals surface area contributed by atoms with Gasteiger partial charge in [0, 0.05) is 12.1 Å². The van der Waals surface area contributed by atoms with Gasteiger partial charge in [-0.2, -0.15) is 0 Å². The van der Waals surface area contributed by atoms with Crippen LogP contribution >= 0.6 is 0 Å². The molecule has 1 amide bonds. The third-order valence-corrected chi connectivity index (χ3v) is 4.30. The van der Waals surface area contributed by atoms with Crippen LogP contribution in [0.5, 0.6) is 0 Å². The summed E-state index contributed by atoms with van der Waals surface area (Å²) in [7, 11) is 0. The van der Waals surface area contributed by atoms with Crippen molar-refractivity contribution >= 4 is 5.91 Å². The number of nitrogens with one attached hydrogen (secondary N) is 2. The molecule has 2 bridgehead atoms. The second-order valence-corrected chi connectivity index (χ2v) is 5.53. The maximum atomic E-state index is 12.3. The number of fused-ring (bicyclic) bond motifs is 2. The van der Waals surface area contributed by atoms with E-state index >= 15 is 0 Å². The lowest BCUT2D eigenvalue weighted by molar-refractivity contribution is -0.126. The Balaban J connectivity index is 1.61. The van der Waals surface area contributed by atoms with Crippen LogP contribution in [-0.4, -0.2) is 18.0 Å². The minimum absolute atomic E-state index is 0.0952. The summed E-state index contributed by atoms with van der Waals surface area (Å²) in [5.74, 6) is 0.390. The highest BCUT2D eigenvalue weighted by atomic mass is 16.2. The zero-order chi connectivity index (χ0) is 12.5. The van der Waals surface area contributed by atoms with E-state index in [4.69, 9.17) is 0 Å². The molecule has 4 atom stereocenters. The first-order valence-electron chi connectivity index (χ1n) is 6.85. The fraction of sp³-hybridized carbons (Fsp3) is 0.533. The number of hydrogen-bond donors (Lipinski definition) is 2. The number of benzene rings is 1. The Morgan fingerprint density at radius 2 is 2.11 bits per heavy atom. The van der Waals surface area contributed by atoms with Crippen molar-refractivity contribution in [3.63, 3.8) is 0 Å². The molecule has 1 aromatic rings. The third kappa shape index (κ3) is 2.15. The van der Waals surface area contributed by atoms with E-state index in [1.165, 1.54) is 12.0 Å². The van der Waals surface area contributed by atoms with Gasteiger partial charge in [0.25, 0.3) is 0 Å². The average molecular weight is 244 g/mol. The van der Waals surface area contributed by atoms with Crippen LogP contribution in [-0.2, 0) is 4.79 Å². The first-order valence-corrected chi connectivity index (χ1v) is 6.85. The molecule has 2 aliphatic rings. The molecule has 0 aliphatic carbocycles. The second-order valence-electron chi connectivity index (χ2n) is 5.53. The Labute approximate surface area is 108 Å². The van der Waals surface area contributed by atoms with Gasteiger partial charge in [-0.05, 0) is 31.7 Å². The Morgan fingerprint density at radius 1 is 1.33 bits per heavy atom. The van der Waals surface area contributed by atoms with Gasteiger partial charge in [-0.15, -0.1) is 0 Å². The van der Waals surface area contributed by atoms with Crippen molar-refractivity contribution in [2.24, 2.45) is 5.92 Å².